The van der Waals surface area contributed by atoms with E-state index in [1.54, 1.807) is 48.3 Å². The van der Waals surface area contributed by atoms with Gasteiger partial charge in [-0.1, -0.05) is 6.07 Å². The van der Waals surface area contributed by atoms with Gasteiger partial charge in [-0.15, -0.1) is 0 Å². The number of aromatic nitrogens is 2. The van der Waals surface area contributed by atoms with Gasteiger partial charge in [-0.25, -0.2) is 4.98 Å². The zero-order valence-electron chi connectivity index (χ0n) is 14.6. The standard InChI is InChI=1S/C18H23FN4O2/c1-21(2)15(24)9-8-13-6-5-10-22(12-13)18(25)16-17(19)23-11-4-3-7-14(23)20-16/h3-4,7,11,13H,5-6,8-10,12H2,1-2H3/t13-/m1/s1. The lowest BCUT2D eigenvalue weighted by molar-refractivity contribution is -0.129. The quantitative estimate of drug-likeness (QED) is 0.853. The number of nitrogens with zero attached hydrogens (tertiary/aromatic N) is 4. The van der Waals surface area contributed by atoms with E-state index in [2.05, 4.69) is 4.98 Å². The van der Waals surface area contributed by atoms with Gasteiger partial charge >= 0.3 is 0 Å². The number of piperidine rings is 1. The summed E-state index contributed by atoms with van der Waals surface area (Å²) in [6, 6.07) is 5.13. The minimum absolute atomic E-state index is 0.0924. The monoisotopic (exact) mass is 346 g/mol. The van der Waals surface area contributed by atoms with Crippen LogP contribution in [0.5, 0.6) is 0 Å². The first kappa shape index (κ1) is 17.4. The van der Waals surface area contributed by atoms with Crippen molar-refractivity contribution in [3.63, 3.8) is 0 Å². The van der Waals surface area contributed by atoms with Crippen LogP contribution < -0.4 is 0 Å². The summed E-state index contributed by atoms with van der Waals surface area (Å²) < 4.78 is 15.8. The van der Waals surface area contributed by atoms with Crippen molar-refractivity contribution >= 4 is 17.5 Å². The van der Waals surface area contributed by atoms with Crippen LogP contribution in [-0.4, -0.2) is 58.2 Å². The van der Waals surface area contributed by atoms with E-state index in [1.165, 1.54) is 4.40 Å². The van der Waals surface area contributed by atoms with Crippen molar-refractivity contribution in [1.82, 2.24) is 19.2 Å². The van der Waals surface area contributed by atoms with E-state index in [9.17, 15) is 14.0 Å². The van der Waals surface area contributed by atoms with Crippen molar-refractivity contribution in [1.29, 1.82) is 0 Å². The van der Waals surface area contributed by atoms with Gasteiger partial charge in [0, 0.05) is 39.8 Å². The molecule has 6 nitrogen and oxygen atoms in total. The van der Waals surface area contributed by atoms with Crippen LogP contribution in [0.15, 0.2) is 24.4 Å². The van der Waals surface area contributed by atoms with E-state index in [4.69, 9.17) is 0 Å². The van der Waals surface area contributed by atoms with Crippen molar-refractivity contribution in [2.24, 2.45) is 5.92 Å². The minimum atomic E-state index is -0.620. The number of halogens is 1. The third kappa shape index (κ3) is 3.65. The summed E-state index contributed by atoms with van der Waals surface area (Å²) in [6.07, 6.45) is 4.62. The zero-order chi connectivity index (χ0) is 18.0. The lowest BCUT2D eigenvalue weighted by Gasteiger charge is -2.32. The Morgan fingerprint density at radius 2 is 2.16 bits per heavy atom. The number of hydrogen-bond donors (Lipinski definition) is 0. The summed E-state index contributed by atoms with van der Waals surface area (Å²) in [6.45, 7) is 1.15. The Morgan fingerprint density at radius 3 is 2.88 bits per heavy atom. The largest absolute Gasteiger partial charge is 0.349 e. The number of likely N-dealkylation sites (tertiary alicyclic amines) is 1. The molecule has 25 heavy (non-hydrogen) atoms. The molecule has 0 radical (unpaired) electrons. The number of rotatable bonds is 4. The van der Waals surface area contributed by atoms with E-state index in [0.717, 1.165) is 19.3 Å². The third-order valence-electron chi connectivity index (χ3n) is 4.75. The van der Waals surface area contributed by atoms with Crippen LogP contribution in [0.3, 0.4) is 0 Å². The average molecular weight is 346 g/mol. The molecule has 2 amide bonds. The Balaban J connectivity index is 1.69. The van der Waals surface area contributed by atoms with Gasteiger partial charge in [-0.05, 0) is 37.3 Å². The highest BCUT2D eigenvalue weighted by Crippen LogP contribution is 2.23. The van der Waals surface area contributed by atoms with Crippen molar-refractivity contribution in [3.8, 4) is 0 Å². The number of hydrogen-bond acceptors (Lipinski definition) is 3. The van der Waals surface area contributed by atoms with Crippen LogP contribution in [0.4, 0.5) is 4.39 Å². The summed E-state index contributed by atoms with van der Waals surface area (Å²) >= 11 is 0. The Labute approximate surface area is 146 Å². The molecule has 0 N–H and O–H groups in total. The van der Waals surface area contributed by atoms with E-state index in [-0.39, 0.29) is 23.4 Å². The van der Waals surface area contributed by atoms with E-state index < -0.39 is 5.95 Å². The fourth-order valence-electron chi connectivity index (χ4n) is 3.29. The third-order valence-corrected chi connectivity index (χ3v) is 4.75. The molecule has 1 atom stereocenters. The van der Waals surface area contributed by atoms with Crippen LogP contribution in [-0.2, 0) is 4.79 Å². The topological polar surface area (TPSA) is 57.9 Å². The van der Waals surface area contributed by atoms with Gasteiger partial charge in [0.1, 0.15) is 5.65 Å². The van der Waals surface area contributed by atoms with Crippen LogP contribution in [0.2, 0.25) is 0 Å². The van der Waals surface area contributed by atoms with Gasteiger partial charge in [0.25, 0.3) is 5.91 Å². The molecule has 7 heteroatoms. The molecule has 1 aliphatic heterocycles. The minimum Gasteiger partial charge on any atom is -0.349 e. The number of pyridine rings is 1. The molecule has 1 fully saturated rings. The van der Waals surface area contributed by atoms with Gasteiger partial charge in [0.15, 0.2) is 5.69 Å². The van der Waals surface area contributed by atoms with Crippen molar-refractivity contribution in [2.45, 2.75) is 25.7 Å². The number of carbonyl (C=O) groups is 2. The molecule has 2 aromatic heterocycles. The zero-order valence-corrected chi connectivity index (χ0v) is 14.6. The maximum absolute atomic E-state index is 14.5. The summed E-state index contributed by atoms with van der Waals surface area (Å²) in [5.74, 6) is -0.633. The first-order valence-electron chi connectivity index (χ1n) is 8.59. The predicted octanol–water partition coefficient (Wildman–Crippen LogP) is 2.19. The second kappa shape index (κ2) is 7.21. The summed E-state index contributed by atoms with van der Waals surface area (Å²) in [5.41, 5.74) is 0.296. The Kier molecular flexibility index (Phi) is 5.01. The fourth-order valence-corrected chi connectivity index (χ4v) is 3.29. The molecular weight excluding hydrogens is 323 g/mol. The van der Waals surface area contributed by atoms with E-state index in [1.807, 2.05) is 0 Å². The SMILES string of the molecule is CN(C)C(=O)CC[C@H]1CCCN(C(=O)c2nc3ccccn3c2F)C1. The van der Waals surface area contributed by atoms with Crippen molar-refractivity contribution in [3.05, 3.63) is 36.0 Å². The lowest BCUT2D eigenvalue weighted by Crippen LogP contribution is -2.40. The summed E-state index contributed by atoms with van der Waals surface area (Å²) in [4.78, 5) is 31.9. The Bertz CT molecular complexity index is 786. The molecule has 0 spiro atoms. The number of imidazole rings is 1. The highest BCUT2D eigenvalue weighted by Gasteiger charge is 2.29. The molecule has 1 saturated heterocycles. The van der Waals surface area contributed by atoms with Crippen LogP contribution in [0, 0.1) is 11.9 Å². The molecule has 3 heterocycles. The van der Waals surface area contributed by atoms with E-state index >= 15 is 0 Å². The lowest BCUT2D eigenvalue weighted by atomic mass is 9.93. The van der Waals surface area contributed by atoms with Gasteiger partial charge < -0.3 is 9.80 Å². The van der Waals surface area contributed by atoms with Gasteiger partial charge in [0.2, 0.25) is 11.9 Å². The Morgan fingerprint density at radius 1 is 1.36 bits per heavy atom. The molecule has 3 rings (SSSR count). The van der Waals surface area contributed by atoms with Crippen molar-refractivity contribution in [2.75, 3.05) is 27.2 Å². The second-order valence-corrected chi connectivity index (χ2v) is 6.77. The summed E-state index contributed by atoms with van der Waals surface area (Å²) in [5, 5.41) is 0. The Hall–Kier alpha value is -2.44. The molecule has 0 unspecified atom stereocenters. The maximum Gasteiger partial charge on any atom is 0.277 e. The van der Waals surface area contributed by atoms with Crippen LogP contribution in [0.25, 0.3) is 5.65 Å². The summed E-state index contributed by atoms with van der Waals surface area (Å²) in [7, 11) is 3.48. The molecule has 1 aliphatic rings. The number of fused-ring (bicyclic) bond motifs is 1. The molecule has 0 saturated carbocycles. The van der Waals surface area contributed by atoms with Gasteiger partial charge in [-0.2, -0.15) is 4.39 Å². The van der Waals surface area contributed by atoms with Gasteiger partial charge in [0.05, 0.1) is 0 Å². The molecule has 0 aliphatic carbocycles. The smallest absolute Gasteiger partial charge is 0.277 e. The number of amides is 2. The molecule has 0 bridgehead atoms. The fraction of sp³-hybridized carbons (Fsp3) is 0.500. The second-order valence-electron chi connectivity index (χ2n) is 6.77. The highest BCUT2D eigenvalue weighted by atomic mass is 19.1. The normalized spacial score (nSPS) is 17.7. The molecule has 2 aromatic rings. The maximum atomic E-state index is 14.5. The molecule has 0 aromatic carbocycles. The van der Waals surface area contributed by atoms with E-state index in [0.29, 0.717) is 25.2 Å². The van der Waals surface area contributed by atoms with Crippen LogP contribution in [0.1, 0.15) is 36.2 Å². The predicted molar refractivity (Wildman–Crippen MR) is 91.7 cm³/mol. The molecule has 134 valence electrons. The first-order valence-corrected chi connectivity index (χ1v) is 8.59. The van der Waals surface area contributed by atoms with Gasteiger partial charge in [-0.3, -0.25) is 14.0 Å². The highest BCUT2D eigenvalue weighted by molar-refractivity contribution is 5.93. The van der Waals surface area contributed by atoms with Crippen LogP contribution >= 0.6 is 0 Å². The van der Waals surface area contributed by atoms with Crippen molar-refractivity contribution < 1.29 is 14.0 Å². The number of carbonyl (C=O) groups excluding carboxylic acids is 2. The first-order chi connectivity index (χ1) is 12.0. The molecular formula is C18H23FN4O2. The average Bonchev–Trinajstić information content (AvgIpc) is 2.96.